The van der Waals surface area contributed by atoms with Crippen LogP contribution in [0.25, 0.3) is 0 Å². The van der Waals surface area contributed by atoms with Gasteiger partial charge in [0.25, 0.3) is 0 Å². The Morgan fingerprint density at radius 1 is 1.42 bits per heavy atom. The number of hydrogen-bond acceptors (Lipinski definition) is 3. The van der Waals surface area contributed by atoms with E-state index in [1.54, 1.807) is 0 Å². The van der Waals surface area contributed by atoms with Crippen LogP contribution in [0.3, 0.4) is 0 Å². The molecule has 0 N–H and O–H groups in total. The van der Waals surface area contributed by atoms with E-state index in [0.29, 0.717) is 0 Å². The number of aromatic nitrogens is 3. The summed E-state index contributed by atoms with van der Waals surface area (Å²) in [6.07, 6.45) is 5.06. The van der Waals surface area contributed by atoms with Gasteiger partial charge in [0, 0.05) is 18.2 Å². The summed E-state index contributed by atoms with van der Waals surface area (Å²) in [5.74, 6) is 1.19. The number of thioether (sulfide) groups is 1. The quantitative estimate of drug-likeness (QED) is 0.692. The Bertz CT molecular complexity index is 282. The molecule has 0 saturated heterocycles. The molecule has 1 aromatic rings. The minimum atomic E-state index is 0.827. The molecule has 0 bridgehead atoms. The van der Waals surface area contributed by atoms with Crippen LogP contribution < -0.4 is 0 Å². The highest BCUT2D eigenvalue weighted by molar-refractivity contribution is 8.00. The van der Waals surface area contributed by atoms with Gasteiger partial charge in [0.1, 0.15) is 5.82 Å². The smallest absolute Gasteiger partial charge is 0.208 e. The summed E-state index contributed by atoms with van der Waals surface area (Å²) < 4.78 is 2.06. The van der Waals surface area contributed by atoms with E-state index < -0.39 is 0 Å². The molecule has 12 heavy (non-hydrogen) atoms. The van der Waals surface area contributed by atoms with Crippen molar-refractivity contribution in [2.45, 2.75) is 42.6 Å². The van der Waals surface area contributed by atoms with Crippen LogP contribution in [0.2, 0.25) is 0 Å². The molecule has 1 aliphatic carbocycles. The van der Waals surface area contributed by atoms with Crippen molar-refractivity contribution in [3.05, 3.63) is 5.82 Å². The third-order valence-corrected chi connectivity index (χ3v) is 3.48. The highest BCUT2D eigenvalue weighted by Gasteiger charge is 2.25. The minimum Gasteiger partial charge on any atom is -0.249 e. The summed E-state index contributed by atoms with van der Waals surface area (Å²) in [6, 6.07) is 0. The van der Waals surface area contributed by atoms with Crippen molar-refractivity contribution in [2.75, 3.05) is 0 Å². The number of fused-ring (bicyclic) bond motifs is 1. The lowest BCUT2D eigenvalue weighted by molar-refractivity contribution is 0.637. The molecular formula is C8H11N3S. The lowest BCUT2D eigenvalue weighted by Gasteiger charge is -1.90. The number of rotatable bonds is 2. The maximum absolute atomic E-state index is 4.49. The minimum absolute atomic E-state index is 0.827. The maximum atomic E-state index is 4.49. The van der Waals surface area contributed by atoms with Crippen LogP contribution in [0.15, 0.2) is 5.16 Å². The maximum Gasteiger partial charge on any atom is 0.208 e. The molecule has 4 heteroatoms. The van der Waals surface area contributed by atoms with Gasteiger partial charge in [-0.2, -0.15) is 0 Å². The summed E-state index contributed by atoms with van der Waals surface area (Å²) in [7, 11) is 0. The number of hydrogen-bond donors (Lipinski definition) is 0. The van der Waals surface area contributed by atoms with E-state index in [9.17, 15) is 0 Å². The topological polar surface area (TPSA) is 30.7 Å². The van der Waals surface area contributed by atoms with E-state index in [1.165, 1.54) is 25.1 Å². The first-order valence-corrected chi connectivity index (χ1v) is 5.40. The van der Waals surface area contributed by atoms with Crippen molar-refractivity contribution in [2.24, 2.45) is 0 Å². The summed E-state index contributed by atoms with van der Waals surface area (Å²) in [5.41, 5.74) is 0. The van der Waals surface area contributed by atoms with Crippen LogP contribution in [-0.4, -0.2) is 20.0 Å². The number of nitrogens with zero attached hydrogens (tertiary/aromatic N) is 3. The van der Waals surface area contributed by atoms with E-state index >= 15 is 0 Å². The predicted octanol–water partition coefficient (Wildman–Crippen LogP) is 1.48. The van der Waals surface area contributed by atoms with Gasteiger partial charge in [0.05, 0.1) is 0 Å². The molecule has 0 atom stereocenters. The first kappa shape index (κ1) is 6.95. The Morgan fingerprint density at radius 3 is 3.08 bits per heavy atom. The van der Waals surface area contributed by atoms with E-state index in [0.717, 1.165) is 23.4 Å². The highest BCUT2D eigenvalue weighted by Crippen LogP contribution is 2.37. The van der Waals surface area contributed by atoms with Gasteiger partial charge < -0.3 is 0 Å². The van der Waals surface area contributed by atoms with Gasteiger partial charge in [-0.15, -0.1) is 5.10 Å². The molecule has 0 spiro atoms. The van der Waals surface area contributed by atoms with E-state index in [-0.39, 0.29) is 0 Å². The molecule has 1 saturated carbocycles. The van der Waals surface area contributed by atoms with Crippen molar-refractivity contribution >= 4 is 11.8 Å². The van der Waals surface area contributed by atoms with E-state index in [4.69, 9.17) is 0 Å². The standard InChI is InChI=1S/C8H11N3S/c1-2-7-9-8(10-11(7)5-1)12-6-3-4-6/h6H,1-5H2. The molecule has 0 aromatic carbocycles. The normalized spacial score (nSPS) is 21.3. The van der Waals surface area contributed by atoms with Crippen LogP contribution >= 0.6 is 11.8 Å². The Balaban J connectivity index is 1.82. The summed E-state index contributed by atoms with van der Waals surface area (Å²) in [6.45, 7) is 1.08. The third kappa shape index (κ3) is 1.14. The zero-order valence-electron chi connectivity index (χ0n) is 6.86. The molecule has 0 unspecified atom stereocenters. The average Bonchev–Trinajstić information content (AvgIpc) is 2.56. The Kier molecular flexibility index (Phi) is 1.44. The molecule has 0 amide bonds. The zero-order chi connectivity index (χ0) is 7.97. The fourth-order valence-corrected chi connectivity index (χ4v) is 2.46. The second-order valence-electron chi connectivity index (χ2n) is 3.45. The molecule has 1 aliphatic heterocycles. The monoisotopic (exact) mass is 181 g/mol. The van der Waals surface area contributed by atoms with Gasteiger partial charge in [-0.05, 0) is 19.3 Å². The van der Waals surface area contributed by atoms with Gasteiger partial charge in [-0.3, -0.25) is 0 Å². The van der Waals surface area contributed by atoms with Crippen LogP contribution in [0.1, 0.15) is 25.1 Å². The van der Waals surface area contributed by atoms with Gasteiger partial charge in [-0.25, -0.2) is 9.67 Å². The summed E-state index contributed by atoms with van der Waals surface area (Å²) in [5, 5.41) is 6.27. The van der Waals surface area contributed by atoms with Crippen molar-refractivity contribution in [3.8, 4) is 0 Å². The lowest BCUT2D eigenvalue weighted by atomic mass is 10.4. The van der Waals surface area contributed by atoms with Gasteiger partial charge in [-0.1, -0.05) is 11.8 Å². The molecule has 2 heterocycles. The first-order chi connectivity index (χ1) is 5.92. The fourth-order valence-electron chi connectivity index (χ4n) is 1.49. The Morgan fingerprint density at radius 2 is 2.33 bits per heavy atom. The summed E-state index contributed by atoms with van der Waals surface area (Å²) >= 11 is 1.85. The average molecular weight is 181 g/mol. The molecule has 3 nitrogen and oxygen atoms in total. The molecule has 3 rings (SSSR count). The fraction of sp³-hybridized carbons (Fsp3) is 0.750. The van der Waals surface area contributed by atoms with Gasteiger partial charge in [0.15, 0.2) is 0 Å². The molecule has 1 aromatic heterocycles. The largest absolute Gasteiger partial charge is 0.249 e. The highest BCUT2D eigenvalue weighted by atomic mass is 32.2. The second-order valence-corrected chi connectivity index (χ2v) is 4.72. The van der Waals surface area contributed by atoms with Crippen LogP contribution in [0.5, 0.6) is 0 Å². The van der Waals surface area contributed by atoms with Crippen molar-refractivity contribution in [3.63, 3.8) is 0 Å². The Hall–Kier alpha value is -0.510. The summed E-state index contributed by atoms with van der Waals surface area (Å²) in [4.78, 5) is 4.49. The first-order valence-electron chi connectivity index (χ1n) is 4.52. The van der Waals surface area contributed by atoms with E-state index in [2.05, 4.69) is 14.8 Å². The van der Waals surface area contributed by atoms with Gasteiger partial charge in [0.2, 0.25) is 5.16 Å². The molecule has 64 valence electrons. The molecule has 1 fully saturated rings. The Labute approximate surface area is 75.6 Å². The second kappa shape index (κ2) is 2.49. The molecule has 2 aliphatic rings. The molecule has 0 radical (unpaired) electrons. The van der Waals surface area contributed by atoms with Gasteiger partial charge >= 0.3 is 0 Å². The molecular weight excluding hydrogens is 170 g/mol. The SMILES string of the molecule is C1Cc2nc(SC3CC3)nn2C1. The zero-order valence-corrected chi connectivity index (χ0v) is 7.68. The van der Waals surface area contributed by atoms with Crippen LogP contribution in [0.4, 0.5) is 0 Å². The van der Waals surface area contributed by atoms with Crippen molar-refractivity contribution in [1.82, 2.24) is 14.8 Å². The third-order valence-electron chi connectivity index (χ3n) is 2.30. The van der Waals surface area contributed by atoms with Crippen LogP contribution in [0, 0.1) is 0 Å². The lowest BCUT2D eigenvalue weighted by Crippen LogP contribution is -1.93. The van der Waals surface area contributed by atoms with Crippen LogP contribution in [-0.2, 0) is 13.0 Å². The van der Waals surface area contributed by atoms with E-state index in [1.807, 2.05) is 11.8 Å². The number of aryl methyl sites for hydroxylation is 2. The predicted molar refractivity (Wildman–Crippen MR) is 47.2 cm³/mol. The van der Waals surface area contributed by atoms with Crippen molar-refractivity contribution < 1.29 is 0 Å². The van der Waals surface area contributed by atoms with Crippen molar-refractivity contribution in [1.29, 1.82) is 0 Å².